The van der Waals surface area contributed by atoms with Crippen molar-refractivity contribution in [2.45, 2.75) is 94.2 Å². The Morgan fingerprint density at radius 3 is 2.43 bits per heavy atom. The van der Waals surface area contributed by atoms with Crippen LogP contribution in [0.15, 0.2) is 18.2 Å². The molecule has 3 saturated heterocycles. The lowest BCUT2D eigenvalue weighted by Crippen LogP contribution is -2.68. The number of carboxylic acids is 1. The van der Waals surface area contributed by atoms with Crippen molar-refractivity contribution in [2.24, 2.45) is 0 Å². The Morgan fingerprint density at radius 1 is 1.10 bits per heavy atom. The third-order valence-electron chi connectivity index (χ3n) is 9.59. The van der Waals surface area contributed by atoms with Crippen molar-refractivity contribution in [2.75, 3.05) is 60.2 Å². The van der Waals surface area contributed by atoms with Gasteiger partial charge in [-0.25, -0.2) is 9.59 Å². The van der Waals surface area contributed by atoms with E-state index >= 15 is 0 Å². The van der Waals surface area contributed by atoms with Crippen molar-refractivity contribution >= 4 is 23.9 Å². The minimum Gasteiger partial charge on any atom is -0.493 e. The number of morpholine rings is 1. The van der Waals surface area contributed by atoms with Crippen LogP contribution in [0.25, 0.3) is 0 Å². The molecule has 7 atom stereocenters. The average molecular weight is 725 g/mol. The molecule has 0 bridgehead atoms. The summed E-state index contributed by atoms with van der Waals surface area (Å²) in [4.78, 5) is 54.5. The molecule has 0 aromatic heterocycles. The van der Waals surface area contributed by atoms with Crippen molar-refractivity contribution in [3.05, 3.63) is 23.8 Å². The van der Waals surface area contributed by atoms with E-state index in [0.717, 1.165) is 0 Å². The van der Waals surface area contributed by atoms with Gasteiger partial charge >= 0.3 is 12.1 Å². The smallest absolute Gasteiger partial charge is 0.410 e. The Kier molecular flexibility index (Phi) is 12.8. The van der Waals surface area contributed by atoms with Crippen LogP contribution in [-0.2, 0) is 23.8 Å². The highest BCUT2D eigenvalue weighted by atomic mass is 16.6. The number of aliphatic hydroxyl groups excluding tert-OH is 3. The van der Waals surface area contributed by atoms with E-state index in [1.807, 2.05) is 0 Å². The van der Waals surface area contributed by atoms with Gasteiger partial charge in [0, 0.05) is 58.1 Å². The minimum atomic E-state index is -2.04. The predicted octanol–water partition coefficient (Wildman–Crippen LogP) is -0.265. The fourth-order valence-corrected chi connectivity index (χ4v) is 6.93. The second kappa shape index (κ2) is 16.3. The molecule has 6 N–H and O–H groups in total. The minimum absolute atomic E-state index is 0.143. The quantitative estimate of drug-likeness (QED) is 0.163. The van der Waals surface area contributed by atoms with Crippen LogP contribution >= 0.6 is 0 Å². The summed E-state index contributed by atoms with van der Waals surface area (Å²) in [7, 11) is 2.86. The van der Waals surface area contributed by atoms with E-state index in [1.165, 1.54) is 39.3 Å². The molecule has 0 aliphatic carbocycles. The highest BCUT2D eigenvalue weighted by molar-refractivity contribution is 5.94. The van der Waals surface area contributed by atoms with Gasteiger partial charge in [-0.2, -0.15) is 0 Å². The second-order valence-electron chi connectivity index (χ2n) is 14.4. The summed E-state index contributed by atoms with van der Waals surface area (Å²) in [6.45, 7) is 8.08. The summed E-state index contributed by atoms with van der Waals surface area (Å²) in [6.07, 6.45) is -7.10. The van der Waals surface area contributed by atoms with Gasteiger partial charge in [0.2, 0.25) is 5.91 Å². The fraction of sp³-hybridized carbons (Fsp3) is 0.706. The van der Waals surface area contributed by atoms with Crippen LogP contribution in [0.2, 0.25) is 0 Å². The van der Waals surface area contributed by atoms with Gasteiger partial charge in [-0.3, -0.25) is 14.5 Å². The highest BCUT2D eigenvalue weighted by Gasteiger charge is 2.55. The summed E-state index contributed by atoms with van der Waals surface area (Å²) in [5.74, 6) is -1.89. The number of benzene rings is 1. The zero-order chi connectivity index (χ0) is 37.7. The molecule has 17 nitrogen and oxygen atoms in total. The number of carbonyl (C=O) groups is 4. The molecule has 3 heterocycles. The van der Waals surface area contributed by atoms with Crippen LogP contribution in [0.3, 0.4) is 0 Å². The molecule has 4 rings (SSSR count). The van der Waals surface area contributed by atoms with E-state index in [0.29, 0.717) is 50.8 Å². The lowest BCUT2D eigenvalue weighted by molar-refractivity contribution is -0.231. The van der Waals surface area contributed by atoms with Gasteiger partial charge < -0.3 is 59.6 Å². The Bertz CT molecular complexity index is 1420. The van der Waals surface area contributed by atoms with Crippen LogP contribution < -0.4 is 20.1 Å². The number of nitrogens with zero attached hydrogens (tertiary/aromatic N) is 2. The number of aliphatic carboxylic acids is 1. The van der Waals surface area contributed by atoms with Crippen molar-refractivity contribution < 1.29 is 63.3 Å². The monoisotopic (exact) mass is 724 g/mol. The molecule has 3 aliphatic rings. The maximum atomic E-state index is 13.0. The van der Waals surface area contributed by atoms with Crippen LogP contribution in [0.4, 0.5) is 4.79 Å². The average Bonchev–Trinajstić information content (AvgIpc) is 3.50. The molecule has 0 radical (unpaired) electrons. The third kappa shape index (κ3) is 9.39. The number of likely N-dealkylation sites (tertiary alicyclic amines) is 1. The zero-order valence-electron chi connectivity index (χ0n) is 30.0. The maximum absolute atomic E-state index is 13.0. The second-order valence-corrected chi connectivity index (χ2v) is 14.4. The number of methoxy groups -OCH3 is 2. The van der Waals surface area contributed by atoms with Crippen LogP contribution in [0.5, 0.6) is 11.5 Å². The molecule has 17 heteroatoms. The van der Waals surface area contributed by atoms with Crippen molar-refractivity contribution in [1.82, 2.24) is 20.4 Å². The summed E-state index contributed by atoms with van der Waals surface area (Å²) in [6, 6.07) is 3.16. The molecule has 3 amide bonds. The molecular formula is C34H52N4O13. The van der Waals surface area contributed by atoms with Gasteiger partial charge in [-0.15, -0.1) is 0 Å². The summed E-state index contributed by atoms with van der Waals surface area (Å²) in [5, 5.41) is 49.2. The number of aliphatic hydroxyl groups is 3. The molecule has 0 unspecified atom stereocenters. The molecule has 51 heavy (non-hydrogen) atoms. The molecule has 3 fully saturated rings. The normalized spacial score (nSPS) is 28.1. The van der Waals surface area contributed by atoms with E-state index in [2.05, 4.69) is 15.5 Å². The van der Waals surface area contributed by atoms with Crippen molar-refractivity contribution in [3.63, 3.8) is 0 Å². The number of carboxylic acid groups (broad SMARTS) is 1. The maximum Gasteiger partial charge on any atom is 0.410 e. The largest absolute Gasteiger partial charge is 0.493 e. The highest BCUT2D eigenvalue weighted by Crippen LogP contribution is 2.38. The van der Waals surface area contributed by atoms with E-state index in [9.17, 15) is 39.6 Å². The standard InChI is InChI=1S/C34H52N4O13/c1-20(39)36-26-22(40)16-34(30(44)45,10-12-38-13-14-49-19-33(38)9-11-37(18-33)31(46)51-32(2,3)4)50-28(26)27(42)23(41)17-35-29(43)21-7-8-24(47-5)25(15-21)48-6/h7-8,15,22-23,26-28,40-42H,9-14,16-19H2,1-6H3,(H,35,43)(H,36,39)(H,44,45)/t22-,23+,26+,27+,28+,33-,34+/m0/s1. The molecule has 1 aromatic rings. The Balaban J connectivity index is 1.50. The van der Waals surface area contributed by atoms with Crippen LogP contribution in [0.1, 0.15) is 57.3 Å². The van der Waals surface area contributed by atoms with E-state index in [4.69, 9.17) is 23.7 Å². The first kappa shape index (κ1) is 40.0. The molecule has 1 spiro atoms. The van der Waals surface area contributed by atoms with Gasteiger partial charge in [-0.05, 0) is 45.4 Å². The lowest BCUT2D eigenvalue weighted by atomic mass is 9.81. The van der Waals surface area contributed by atoms with Crippen LogP contribution in [0, 0.1) is 0 Å². The SMILES string of the molecule is COc1ccc(C(=O)NC[C@@H](O)[C@@H](O)[C@@H]2O[C@@](CCN3CCOC[C@@]34CCN(C(=O)OC(C)(C)C)C4)(C(=O)O)C[C@H](O)[C@H]2NC(C)=O)cc1OC. The molecule has 3 aliphatic heterocycles. The number of amides is 3. The number of rotatable bonds is 12. The molecular weight excluding hydrogens is 672 g/mol. The predicted molar refractivity (Wildman–Crippen MR) is 180 cm³/mol. The number of ether oxygens (including phenoxy) is 5. The fourth-order valence-electron chi connectivity index (χ4n) is 6.93. The lowest BCUT2D eigenvalue weighted by Gasteiger charge is -2.49. The van der Waals surface area contributed by atoms with E-state index in [-0.39, 0.29) is 18.5 Å². The van der Waals surface area contributed by atoms with E-state index in [1.54, 1.807) is 25.7 Å². The molecule has 286 valence electrons. The third-order valence-corrected chi connectivity index (χ3v) is 9.59. The molecule has 0 saturated carbocycles. The summed E-state index contributed by atoms with van der Waals surface area (Å²) >= 11 is 0. The number of carbonyl (C=O) groups excluding carboxylic acids is 3. The first-order chi connectivity index (χ1) is 23.9. The topological polar surface area (TPSA) is 226 Å². The first-order valence-electron chi connectivity index (χ1n) is 17.0. The zero-order valence-corrected chi connectivity index (χ0v) is 30.0. The van der Waals surface area contributed by atoms with Crippen LogP contribution in [-0.4, -0.2) is 161 Å². The van der Waals surface area contributed by atoms with Gasteiger partial charge in [0.1, 0.15) is 17.8 Å². The van der Waals surface area contributed by atoms with Gasteiger partial charge in [0.15, 0.2) is 17.1 Å². The van der Waals surface area contributed by atoms with Crippen molar-refractivity contribution in [1.29, 1.82) is 0 Å². The Labute approximate surface area is 297 Å². The first-order valence-corrected chi connectivity index (χ1v) is 17.0. The molecule has 1 aromatic carbocycles. The number of hydrogen-bond donors (Lipinski definition) is 6. The Hall–Kier alpha value is -3.74. The Morgan fingerprint density at radius 2 is 1.80 bits per heavy atom. The van der Waals surface area contributed by atoms with Crippen molar-refractivity contribution in [3.8, 4) is 11.5 Å². The van der Waals surface area contributed by atoms with Gasteiger partial charge in [0.25, 0.3) is 5.91 Å². The number of hydrogen-bond acceptors (Lipinski definition) is 13. The van der Waals surface area contributed by atoms with Gasteiger partial charge in [-0.1, -0.05) is 0 Å². The summed E-state index contributed by atoms with van der Waals surface area (Å²) in [5.41, 5.74) is -3.15. The summed E-state index contributed by atoms with van der Waals surface area (Å²) < 4.78 is 27.9. The van der Waals surface area contributed by atoms with Gasteiger partial charge in [0.05, 0.1) is 51.2 Å². The van der Waals surface area contributed by atoms with E-state index < -0.39 is 84.0 Å². The number of nitrogens with one attached hydrogen (secondary N) is 2.